The van der Waals surface area contributed by atoms with Crippen molar-refractivity contribution in [1.82, 2.24) is 0 Å². The van der Waals surface area contributed by atoms with E-state index in [1.165, 1.54) is 24.1 Å². The highest BCUT2D eigenvalue weighted by Crippen LogP contribution is 2.35. The number of nitrogens with one attached hydrogen (secondary N) is 1. The van der Waals surface area contributed by atoms with Crippen molar-refractivity contribution in [3.8, 4) is 0 Å². The van der Waals surface area contributed by atoms with E-state index in [4.69, 9.17) is 0 Å². The topological polar surface area (TPSA) is 12.0 Å². The molecule has 0 aromatic heterocycles. The van der Waals surface area contributed by atoms with Crippen molar-refractivity contribution in [2.45, 2.75) is 19.8 Å². The molecule has 0 radical (unpaired) electrons. The molecular weight excluding hydrogens is 158 g/mol. The molecule has 0 spiro atoms. The van der Waals surface area contributed by atoms with Crippen molar-refractivity contribution < 1.29 is 0 Å². The largest absolute Gasteiger partial charge is 0.359 e. The molecule has 0 amide bonds. The van der Waals surface area contributed by atoms with Crippen LogP contribution in [0.15, 0.2) is 36.5 Å². The number of anilines is 1. The summed E-state index contributed by atoms with van der Waals surface area (Å²) in [5.74, 6) is 0.723. The Morgan fingerprint density at radius 2 is 1.92 bits per heavy atom. The zero-order chi connectivity index (χ0) is 9.26. The Bertz CT molecular complexity index is 306. The summed E-state index contributed by atoms with van der Waals surface area (Å²) < 4.78 is 0. The van der Waals surface area contributed by atoms with Crippen molar-refractivity contribution in [1.29, 1.82) is 0 Å². The molecule has 0 heterocycles. The Balaban J connectivity index is 2.00. The molecule has 0 unspecified atom stereocenters. The smallest absolute Gasteiger partial charge is 0.0381 e. The van der Waals surface area contributed by atoms with Gasteiger partial charge in [0.15, 0.2) is 0 Å². The second kappa shape index (κ2) is 3.25. The molecule has 1 aliphatic rings. The van der Waals surface area contributed by atoms with Crippen LogP contribution in [0.4, 0.5) is 5.69 Å². The quantitative estimate of drug-likeness (QED) is 0.739. The van der Waals surface area contributed by atoms with Gasteiger partial charge >= 0.3 is 0 Å². The van der Waals surface area contributed by atoms with Gasteiger partial charge in [0, 0.05) is 11.4 Å². The highest BCUT2D eigenvalue weighted by Gasteiger charge is 2.24. The average Bonchev–Trinajstić information content (AvgIpc) is 2.91. The van der Waals surface area contributed by atoms with Crippen LogP contribution in [0.25, 0.3) is 0 Å². The zero-order valence-electron chi connectivity index (χ0n) is 8.01. The van der Waals surface area contributed by atoms with Crippen LogP contribution in [0.5, 0.6) is 0 Å². The summed E-state index contributed by atoms with van der Waals surface area (Å²) in [4.78, 5) is 0. The third-order valence-electron chi connectivity index (χ3n) is 2.43. The minimum atomic E-state index is 0.723. The van der Waals surface area contributed by atoms with Gasteiger partial charge in [-0.25, -0.2) is 0 Å². The molecule has 1 N–H and O–H groups in total. The lowest BCUT2D eigenvalue weighted by Crippen LogP contribution is -1.99. The van der Waals surface area contributed by atoms with E-state index in [2.05, 4.69) is 43.1 Å². The fraction of sp³-hybridized carbons (Fsp3) is 0.333. The maximum Gasteiger partial charge on any atom is 0.0381 e. The van der Waals surface area contributed by atoms with E-state index < -0.39 is 0 Å². The maximum atomic E-state index is 4.02. The second-order valence-electron chi connectivity index (χ2n) is 3.79. The summed E-state index contributed by atoms with van der Waals surface area (Å²) in [6, 6.07) is 8.43. The summed E-state index contributed by atoms with van der Waals surface area (Å²) in [5.41, 5.74) is 3.62. The Labute approximate surface area is 79.5 Å². The normalized spacial score (nSPS) is 15.5. The van der Waals surface area contributed by atoms with Gasteiger partial charge in [-0.1, -0.05) is 24.3 Å². The standard InChI is InChI=1S/C12H15N/c1-9-3-7-12(8-4-9)13-10(2)11-5-6-11/h3-4,7-8,11,13H,2,5-6H2,1H3. The van der Waals surface area contributed by atoms with Gasteiger partial charge in [-0.15, -0.1) is 0 Å². The lowest BCUT2D eigenvalue weighted by atomic mass is 10.2. The van der Waals surface area contributed by atoms with Crippen LogP contribution < -0.4 is 5.32 Å². The molecule has 2 rings (SSSR count). The predicted octanol–water partition coefficient (Wildman–Crippen LogP) is 3.33. The van der Waals surface area contributed by atoms with E-state index in [9.17, 15) is 0 Å². The summed E-state index contributed by atoms with van der Waals surface area (Å²) in [6.45, 7) is 6.12. The van der Waals surface area contributed by atoms with Gasteiger partial charge in [0.2, 0.25) is 0 Å². The summed E-state index contributed by atoms with van der Waals surface area (Å²) >= 11 is 0. The molecule has 1 aliphatic carbocycles. The third-order valence-corrected chi connectivity index (χ3v) is 2.43. The summed E-state index contributed by atoms with van der Waals surface area (Å²) in [6.07, 6.45) is 2.61. The van der Waals surface area contributed by atoms with Crippen LogP contribution in [-0.4, -0.2) is 0 Å². The highest BCUT2D eigenvalue weighted by molar-refractivity contribution is 5.49. The third kappa shape index (κ3) is 2.11. The fourth-order valence-corrected chi connectivity index (χ4v) is 1.36. The molecule has 68 valence electrons. The summed E-state index contributed by atoms with van der Waals surface area (Å²) in [7, 11) is 0. The SMILES string of the molecule is C=C(Nc1ccc(C)cc1)C1CC1. The van der Waals surface area contributed by atoms with Gasteiger partial charge in [-0.3, -0.25) is 0 Å². The van der Waals surface area contributed by atoms with Crippen LogP contribution in [0.2, 0.25) is 0 Å². The molecule has 1 aromatic carbocycles. The lowest BCUT2D eigenvalue weighted by molar-refractivity contribution is 1.02. The molecule has 13 heavy (non-hydrogen) atoms. The Morgan fingerprint density at radius 3 is 2.46 bits per heavy atom. The van der Waals surface area contributed by atoms with E-state index in [0.717, 1.165) is 11.6 Å². The molecular formula is C12H15N. The van der Waals surface area contributed by atoms with Gasteiger partial charge in [-0.05, 0) is 37.8 Å². The van der Waals surface area contributed by atoms with Gasteiger partial charge < -0.3 is 5.32 Å². The van der Waals surface area contributed by atoms with Gasteiger partial charge in [0.25, 0.3) is 0 Å². The molecule has 0 aliphatic heterocycles. The van der Waals surface area contributed by atoms with E-state index in [1.54, 1.807) is 0 Å². The highest BCUT2D eigenvalue weighted by atomic mass is 14.9. The molecule has 0 bridgehead atoms. The van der Waals surface area contributed by atoms with E-state index >= 15 is 0 Å². The van der Waals surface area contributed by atoms with Gasteiger partial charge in [0.05, 0.1) is 0 Å². The monoisotopic (exact) mass is 173 g/mol. The van der Waals surface area contributed by atoms with Crippen LogP contribution in [-0.2, 0) is 0 Å². The first kappa shape index (κ1) is 8.36. The zero-order valence-corrected chi connectivity index (χ0v) is 8.01. The number of aryl methyl sites for hydroxylation is 1. The first-order valence-corrected chi connectivity index (χ1v) is 4.78. The van der Waals surface area contributed by atoms with Crippen LogP contribution in [0, 0.1) is 12.8 Å². The number of hydrogen-bond acceptors (Lipinski definition) is 1. The van der Waals surface area contributed by atoms with Crippen LogP contribution >= 0.6 is 0 Å². The van der Waals surface area contributed by atoms with Gasteiger partial charge in [-0.2, -0.15) is 0 Å². The Hall–Kier alpha value is -1.24. The summed E-state index contributed by atoms with van der Waals surface area (Å²) in [5, 5.41) is 3.34. The maximum absolute atomic E-state index is 4.02. The van der Waals surface area contributed by atoms with Gasteiger partial charge in [0.1, 0.15) is 0 Å². The average molecular weight is 173 g/mol. The van der Waals surface area contributed by atoms with Crippen molar-refractivity contribution >= 4 is 5.69 Å². The van der Waals surface area contributed by atoms with Crippen LogP contribution in [0.3, 0.4) is 0 Å². The van der Waals surface area contributed by atoms with Crippen LogP contribution in [0.1, 0.15) is 18.4 Å². The number of hydrogen-bond donors (Lipinski definition) is 1. The Kier molecular flexibility index (Phi) is 2.09. The van der Waals surface area contributed by atoms with Crippen molar-refractivity contribution in [3.63, 3.8) is 0 Å². The number of benzene rings is 1. The molecule has 1 fully saturated rings. The molecule has 0 atom stereocenters. The number of rotatable bonds is 3. The minimum Gasteiger partial charge on any atom is -0.359 e. The van der Waals surface area contributed by atoms with E-state index in [0.29, 0.717) is 0 Å². The predicted molar refractivity (Wildman–Crippen MR) is 56.7 cm³/mol. The molecule has 1 heteroatoms. The first-order chi connectivity index (χ1) is 6.25. The molecule has 0 saturated heterocycles. The molecule has 1 nitrogen and oxygen atoms in total. The number of allylic oxidation sites excluding steroid dienone is 1. The molecule has 1 aromatic rings. The Morgan fingerprint density at radius 1 is 1.31 bits per heavy atom. The van der Waals surface area contributed by atoms with Crippen molar-refractivity contribution in [2.75, 3.05) is 5.32 Å². The fourth-order valence-electron chi connectivity index (χ4n) is 1.36. The lowest BCUT2D eigenvalue weighted by Gasteiger charge is -2.08. The van der Waals surface area contributed by atoms with E-state index in [1.807, 2.05) is 0 Å². The van der Waals surface area contributed by atoms with Crippen molar-refractivity contribution in [2.24, 2.45) is 5.92 Å². The second-order valence-corrected chi connectivity index (χ2v) is 3.79. The minimum absolute atomic E-state index is 0.723. The molecule has 1 saturated carbocycles. The van der Waals surface area contributed by atoms with Crippen molar-refractivity contribution in [3.05, 3.63) is 42.1 Å². The van der Waals surface area contributed by atoms with E-state index in [-0.39, 0.29) is 0 Å². The first-order valence-electron chi connectivity index (χ1n) is 4.78.